The zero-order chi connectivity index (χ0) is 15.6. The van der Waals surface area contributed by atoms with Crippen LogP contribution in [0.3, 0.4) is 0 Å². The van der Waals surface area contributed by atoms with Crippen LogP contribution in [-0.2, 0) is 11.2 Å². The third kappa shape index (κ3) is 5.64. The van der Waals surface area contributed by atoms with Crippen molar-refractivity contribution in [2.45, 2.75) is 12.4 Å². The number of fused-ring (bicyclic) bond motifs is 1. The normalized spacial score (nSPS) is 15.4. The van der Waals surface area contributed by atoms with Crippen molar-refractivity contribution in [2.24, 2.45) is 0 Å². The summed E-state index contributed by atoms with van der Waals surface area (Å²) in [7, 11) is -1.71. The molecule has 0 fully saturated rings. The van der Waals surface area contributed by atoms with Gasteiger partial charge in [-0.1, -0.05) is 6.07 Å². The number of hydrogen-bond donors (Lipinski definition) is 1. The van der Waals surface area contributed by atoms with Gasteiger partial charge >= 0.3 is 59.1 Å². The number of halogens is 1. The van der Waals surface area contributed by atoms with Crippen LogP contribution in [0.25, 0.3) is 0 Å². The SMILES string of the molecule is CSCC(=O)NC1Cc2ccc(F)c(C(=O)[O-])c2OB1[O-].[Na+].[Na+]. The number of carboxylic acids is 1. The van der Waals surface area contributed by atoms with Crippen LogP contribution in [0.15, 0.2) is 12.1 Å². The Kier molecular flexibility index (Phi) is 10.4. The molecule has 1 amide bonds. The number of aromatic carboxylic acids is 1. The largest absolute Gasteiger partial charge is 1.00 e. The zero-order valence-corrected chi connectivity index (χ0v) is 17.9. The van der Waals surface area contributed by atoms with E-state index in [4.69, 9.17) is 4.65 Å². The minimum absolute atomic E-state index is 0. The third-order valence-electron chi connectivity index (χ3n) is 3.02. The summed E-state index contributed by atoms with van der Waals surface area (Å²) in [5.74, 6) is -4.04. The van der Waals surface area contributed by atoms with E-state index in [1.165, 1.54) is 17.8 Å². The first-order chi connectivity index (χ1) is 9.93. The summed E-state index contributed by atoms with van der Waals surface area (Å²) in [4.78, 5) is 22.4. The molecule has 1 aliphatic rings. The summed E-state index contributed by atoms with van der Waals surface area (Å²) >= 11 is 1.30. The Labute approximate surface area is 181 Å². The van der Waals surface area contributed by atoms with Gasteiger partial charge in [0.2, 0.25) is 5.91 Å². The van der Waals surface area contributed by atoms with E-state index in [2.05, 4.69) is 5.32 Å². The van der Waals surface area contributed by atoms with Gasteiger partial charge < -0.3 is 24.9 Å². The fourth-order valence-electron chi connectivity index (χ4n) is 2.12. The van der Waals surface area contributed by atoms with Crippen molar-refractivity contribution >= 4 is 30.8 Å². The quantitative estimate of drug-likeness (QED) is 0.538. The Morgan fingerprint density at radius 2 is 2.13 bits per heavy atom. The second-order valence-electron chi connectivity index (χ2n) is 4.50. The standard InChI is InChI=1S/C12H12BFNO5S.2Na/c1-21-5-9(16)15-8-4-6-2-3-7(14)10(12(17)18)11(6)20-13(8)19;;/h2-3,8H,4-5H2,1H3,(H,15,16)(H,17,18);;/q-1;2*+1/p-1. The van der Waals surface area contributed by atoms with Crippen molar-refractivity contribution in [3.8, 4) is 5.75 Å². The molecule has 1 atom stereocenters. The molecule has 1 unspecified atom stereocenters. The molecule has 1 aromatic rings. The molecule has 0 spiro atoms. The van der Waals surface area contributed by atoms with Gasteiger partial charge in [0.05, 0.1) is 17.3 Å². The Morgan fingerprint density at radius 3 is 2.70 bits per heavy atom. The first kappa shape index (κ1) is 23.3. The van der Waals surface area contributed by atoms with Crippen molar-refractivity contribution in [1.82, 2.24) is 5.32 Å². The number of carbonyl (C=O) groups is 2. The van der Waals surface area contributed by atoms with Gasteiger partial charge in [-0.25, -0.2) is 4.39 Å². The fourth-order valence-corrected chi connectivity index (χ4v) is 2.46. The number of carbonyl (C=O) groups excluding carboxylic acids is 2. The van der Waals surface area contributed by atoms with Crippen molar-refractivity contribution in [3.05, 3.63) is 29.1 Å². The number of nitrogens with one attached hydrogen (secondary N) is 1. The van der Waals surface area contributed by atoms with E-state index in [0.29, 0.717) is 5.56 Å². The molecule has 0 radical (unpaired) electrons. The van der Waals surface area contributed by atoms with E-state index in [9.17, 15) is 24.1 Å². The van der Waals surface area contributed by atoms with E-state index in [-0.39, 0.29) is 82.9 Å². The number of benzene rings is 1. The van der Waals surface area contributed by atoms with Crippen molar-refractivity contribution in [3.63, 3.8) is 0 Å². The average Bonchev–Trinajstić information content (AvgIpc) is 2.39. The summed E-state index contributed by atoms with van der Waals surface area (Å²) in [5, 5.41) is 25.3. The predicted molar refractivity (Wildman–Crippen MR) is 71.1 cm³/mol. The number of rotatable bonds is 4. The average molecular weight is 357 g/mol. The maximum atomic E-state index is 13.5. The summed E-state index contributed by atoms with van der Waals surface area (Å²) in [5.41, 5.74) is -0.417. The summed E-state index contributed by atoms with van der Waals surface area (Å²) in [6.45, 7) is 0. The van der Waals surface area contributed by atoms with Crippen molar-refractivity contribution in [1.29, 1.82) is 0 Å². The van der Waals surface area contributed by atoms with Gasteiger partial charge in [-0.05, 0) is 24.3 Å². The molecular weight excluding hydrogens is 346 g/mol. The third-order valence-corrected chi connectivity index (χ3v) is 3.57. The maximum Gasteiger partial charge on any atom is 1.00 e. The second kappa shape index (κ2) is 10.3. The first-order valence-corrected chi connectivity index (χ1v) is 7.47. The molecule has 2 rings (SSSR count). The van der Waals surface area contributed by atoms with Crippen molar-refractivity contribution < 1.29 is 87.9 Å². The van der Waals surface area contributed by atoms with Gasteiger partial charge in [-0.15, -0.1) is 0 Å². The Hall–Kier alpha value is 0.265. The minimum Gasteiger partial charge on any atom is -0.844 e. The van der Waals surface area contributed by atoms with Crippen LogP contribution < -0.4 is 79.2 Å². The molecule has 1 aliphatic heterocycles. The number of carboxylic acid groups (broad SMARTS) is 1. The molecule has 1 aromatic carbocycles. The molecule has 1 heterocycles. The van der Waals surface area contributed by atoms with Gasteiger partial charge in [0.1, 0.15) is 11.6 Å². The zero-order valence-electron chi connectivity index (χ0n) is 13.1. The maximum absolute atomic E-state index is 13.5. The Bertz CT molecular complexity index is 595. The van der Waals surface area contributed by atoms with Gasteiger partial charge in [-0.3, -0.25) is 4.79 Å². The Morgan fingerprint density at radius 1 is 1.48 bits per heavy atom. The van der Waals surface area contributed by atoms with E-state index in [1.807, 2.05) is 0 Å². The minimum atomic E-state index is -1.75. The van der Waals surface area contributed by atoms with Crippen LogP contribution in [0.1, 0.15) is 15.9 Å². The van der Waals surface area contributed by atoms with Gasteiger partial charge in [0, 0.05) is 5.94 Å². The van der Waals surface area contributed by atoms with E-state index >= 15 is 0 Å². The summed E-state index contributed by atoms with van der Waals surface area (Å²) in [6.07, 6.45) is 1.82. The van der Waals surface area contributed by atoms with Crippen molar-refractivity contribution in [2.75, 3.05) is 12.0 Å². The molecule has 0 bridgehead atoms. The van der Waals surface area contributed by atoms with Crippen LogP contribution in [0, 0.1) is 5.82 Å². The van der Waals surface area contributed by atoms with Gasteiger partial charge in [-0.2, -0.15) is 11.8 Å². The van der Waals surface area contributed by atoms with Gasteiger partial charge in [0.25, 0.3) is 7.12 Å². The van der Waals surface area contributed by atoms with Crippen LogP contribution in [-0.4, -0.2) is 36.9 Å². The van der Waals surface area contributed by atoms with E-state index in [1.54, 1.807) is 6.26 Å². The molecule has 6 nitrogen and oxygen atoms in total. The number of hydrogen-bond acceptors (Lipinski definition) is 6. The molecule has 0 aliphatic carbocycles. The predicted octanol–water partition coefficient (Wildman–Crippen LogP) is -7.63. The fraction of sp³-hybridized carbons (Fsp3) is 0.333. The number of thioether (sulfide) groups is 1. The molecular formula is C12H11BFNNa2O5S. The summed E-state index contributed by atoms with van der Waals surface area (Å²) in [6, 6.07) is 2.30. The molecule has 0 saturated heterocycles. The second-order valence-corrected chi connectivity index (χ2v) is 5.36. The molecule has 0 aromatic heterocycles. The summed E-state index contributed by atoms with van der Waals surface area (Å²) < 4.78 is 18.4. The molecule has 11 heteroatoms. The van der Waals surface area contributed by atoms with Crippen LogP contribution in [0.2, 0.25) is 0 Å². The van der Waals surface area contributed by atoms with Gasteiger partial charge in [0.15, 0.2) is 0 Å². The topological polar surface area (TPSA) is 102 Å². The Balaban J connectivity index is 0.00000242. The van der Waals surface area contributed by atoms with Crippen LogP contribution >= 0.6 is 11.8 Å². The molecule has 23 heavy (non-hydrogen) atoms. The van der Waals surface area contributed by atoms with Crippen LogP contribution in [0.4, 0.5) is 4.39 Å². The number of amides is 1. The monoisotopic (exact) mass is 357 g/mol. The smallest absolute Gasteiger partial charge is 0.844 e. The van der Waals surface area contributed by atoms with E-state index in [0.717, 1.165) is 6.07 Å². The molecule has 1 N–H and O–H groups in total. The molecule has 0 saturated carbocycles. The van der Waals surface area contributed by atoms with Crippen LogP contribution in [0.5, 0.6) is 5.75 Å². The molecule has 112 valence electrons. The van der Waals surface area contributed by atoms with E-state index < -0.39 is 30.4 Å². The first-order valence-electron chi connectivity index (χ1n) is 6.07.